The summed E-state index contributed by atoms with van der Waals surface area (Å²) >= 11 is 5.87. The summed E-state index contributed by atoms with van der Waals surface area (Å²) in [6.45, 7) is 1.81. The van der Waals surface area contributed by atoms with Crippen molar-refractivity contribution in [1.29, 1.82) is 0 Å². The molecule has 1 unspecified atom stereocenters. The van der Waals surface area contributed by atoms with Crippen LogP contribution in [0.2, 0.25) is 0 Å². The third kappa shape index (κ3) is 2.78. The zero-order chi connectivity index (χ0) is 14.9. The van der Waals surface area contributed by atoms with Crippen LogP contribution in [-0.2, 0) is 22.4 Å². The smallest absolute Gasteiger partial charge is 0.125 e. The molecule has 6 heteroatoms. The highest BCUT2D eigenvalue weighted by atomic mass is 35.5. The Kier molecular flexibility index (Phi) is 4.15. The van der Waals surface area contributed by atoms with Crippen molar-refractivity contribution in [1.82, 2.24) is 9.55 Å². The summed E-state index contributed by atoms with van der Waals surface area (Å²) in [5.74, 6) is 1.06. The number of aromatic nitrogens is 2. The van der Waals surface area contributed by atoms with Gasteiger partial charge in [0.25, 0.3) is 0 Å². The van der Waals surface area contributed by atoms with Crippen LogP contribution in [0.5, 0.6) is 0 Å². The summed E-state index contributed by atoms with van der Waals surface area (Å²) in [5, 5.41) is 0. The molecule has 3 rings (SSSR count). The van der Waals surface area contributed by atoms with Crippen molar-refractivity contribution in [3.63, 3.8) is 0 Å². The van der Waals surface area contributed by atoms with Crippen LogP contribution in [-0.4, -0.2) is 41.4 Å². The summed E-state index contributed by atoms with van der Waals surface area (Å²) < 4.78 is 26.8. The molecule has 2 heterocycles. The van der Waals surface area contributed by atoms with E-state index in [1.165, 1.54) is 12.1 Å². The molecular formula is C15H18ClFN2O2. The number of methoxy groups -OCH3 is 1. The lowest BCUT2D eigenvalue weighted by atomic mass is 10.0. The summed E-state index contributed by atoms with van der Waals surface area (Å²) in [4.78, 5) is 4.57. The van der Waals surface area contributed by atoms with E-state index >= 15 is 0 Å². The lowest BCUT2D eigenvalue weighted by Gasteiger charge is -2.27. The molecule has 0 saturated carbocycles. The Morgan fingerprint density at radius 2 is 2.38 bits per heavy atom. The van der Waals surface area contributed by atoms with Gasteiger partial charge in [0.2, 0.25) is 0 Å². The summed E-state index contributed by atoms with van der Waals surface area (Å²) in [7, 11) is 1.69. The molecule has 0 spiro atoms. The van der Waals surface area contributed by atoms with Gasteiger partial charge < -0.3 is 14.0 Å². The van der Waals surface area contributed by atoms with Gasteiger partial charge in [-0.05, 0) is 18.2 Å². The molecule has 21 heavy (non-hydrogen) atoms. The van der Waals surface area contributed by atoms with E-state index in [1.54, 1.807) is 13.2 Å². The first kappa shape index (κ1) is 14.8. The highest BCUT2D eigenvalue weighted by molar-refractivity contribution is 6.17. The van der Waals surface area contributed by atoms with E-state index in [4.69, 9.17) is 21.1 Å². The van der Waals surface area contributed by atoms with E-state index in [0.29, 0.717) is 32.1 Å². The molecule has 0 aliphatic carbocycles. The van der Waals surface area contributed by atoms with Gasteiger partial charge in [-0.2, -0.15) is 0 Å². The lowest BCUT2D eigenvalue weighted by molar-refractivity contribution is -0.0292. The molecule has 1 aromatic heterocycles. The minimum absolute atomic E-state index is 0.268. The number of aryl methyl sites for hydroxylation is 1. The van der Waals surface area contributed by atoms with E-state index < -0.39 is 0 Å². The quantitative estimate of drug-likeness (QED) is 0.797. The van der Waals surface area contributed by atoms with E-state index in [1.807, 2.05) is 4.57 Å². The number of imidazole rings is 1. The Balaban J connectivity index is 2.05. The molecule has 2 aromatic rings. The number of hydrogen-bond acceptors (Lipinski definition) is 3. The molecule has 1 atom stereocenters. The first-order valence-electron chi connectivity index (χ1n) is 7.01. The Labute approximate surface area is 127 Å². The second-order valence-electron chi connectivity index (χ2n) is 5.38. The van der Waals surface area contributed by atoms with Crippen LogP contribution in [0.4, 0.5) is 4.39 Å². The minimum atomic E-state index is -0.374. The number of rotatable bonds is 5. The average Bonchev–Trinajstić information content (AvgIpc) is 3.07. The van der Waals surface area contributed by atoms with E-state index in [2.05, 4.69) is 4.98 Å². The fourth-order valence-electron chi connectivity index (χ4n) is 2.82. The Morgan fingerprint density at radius 3 is 3.05 bits per heavy atom. The van der Waals surface area contributed by atoms with E-state index in [9.17, 15) is 4.39 Å². The van der Waals surface area contributed by atoms with Gasteiger partial charge in [-0.3, -0.25) is 0 Å². The largest absolute Gasteiger partial charge is 0.378 e. The standard InChI is InChI=1S/C15H18ClFN2O2/c1-20-15(5-7-21-10-15)9-19-13-8-11(17)2-3-12(13)18-14(19)4-6-16/h2-3,8H,4-7,9-10H2,1H3. The van der Waals surface area contributed by atoms with Crippen molar-refractivity contribution in [2.75, 3.05) is 26.2 Å². The van der Waals surface area contributed by atoms with Crippen LogP contribution in [0, 0.1) is 5.82 Å². The maximum atomic E-state index is 13.6. The molecule has 1 aromatic carbocycles. The van der Waals surface area contributed by atoms with Crippen molar-refractivity contribution in [3.05, 3.63) is 29.8 Å². The van der Waals surface area contributed by atoms with Crippen LogP contribution in [0.3, 0.4) is 0 Å². The van der Waals surface area contributed by atoms with Crippen LogP contribution in [0.1, 0.15) is 12.2 Å². The first-order chi connectivity index (χ1) is 10.2. The monoisotopic (exact) mass is 312 g/mol. The van der Waals surface area contributed by atoms with Gasteiger partial charge in [-0.25, -0.2) is 9.37 Å². The van der Waals surface area contributed by atoms with Crippen molar-refractivity contribution in [3.8, 4) is 0 Å². The normalized spacial score (nSPS) is 22.2. The highest BCUT2D eigenvalue weighted by Crippen LogP contribution is 2.28. The van der Waals surface area contributed by atoms with Gasteiger partial charge in [0, 0.05) is 32.4 Å². The topological polar surface area (TPSA) is 36.3 Å². The number of benzene rings is 1. The molecule has 4 nitrogen and oxygen atoms in total. The number of halogens is 2. The van der Waals surface area contributed by atoms with Gasteiger partial charge in [-0.15, -0.1) is 11.6 Å². The summed E-state index contributed by atoms with van der Waals surface area (Å²) in [6, 6.07) is 4.64. The number of alkyl halides is 1. The predicted octanol–water partition coefficient (Wildman–Crippen LogP) is 2.76. The number of fused-ring (bicyclic) bond motifs is 1. The van der Waals surface area contributed by atoms with Gasteiger partial charge >= 0.3 is 0 Å². The average molecular weight is 313 g/mol. The molecule has 1 aliphatic rings. The van der Waals surface area contributed by atoms with Crippen LogP contribution >= 0.6 is 11.6 Å². The number of ether oxygens (including phenoxy) is 2. The van der Waals surface area contributed by atoms with Crippen molar-refractivity contribution in [2.45, 2.75) is 25.0 Å². The molecule has 0 N–H and O–H groups in total. The molecular weight excluding hydrogens is 295 g/mol. The SMILES string of the molecule is COC1(Cn2c(CCCl)nc3ccc(F)cc32)CCOC1. The predicted molar refractivity (Wildman–Crippen MR) is 79.3 cm³/mol. The van der Waals surface area contributed by atoms with Gasteiger partial charge in [0.15, 0.2) is 0 Å². The maximum absolute atomic E-state index is 13.6. The molecule has 1 saturated heterocycles. The third-order valence-electron chi connectivity index (χ3n) is 4.05. The zero-order valence-corrected chi connectivity index (χ0v) is 12.7. The lowest BCUT2D eigenvalue weighted by Crippen LogP contribution is -2.37. The second kappa shape index (κ2) is 5.91. The van der Waals surface area contributed by atoms with Gasteiger partial charge in [0.05, 0.1) is 24.2 Å². The van der Waals surface area contributed by atoms with Gasteiger partial charge in [0.1, 0.15) is 17.2 Å². The van der Waals surface area contributed by atoms with E-state index in [0.717, 1.165) is 23.3 Å². The number of nitrogens with zero attached hydrogens (tertiary/aromatic N) is 2. The molecule has 0 amide bonds. The Morgan fingerprint density at radius 1 is 1.52 bits per heavy atom. The molecule has 1 fully saturated rings. The van der Waals surface area contributed by atoms with Crippen molar-refractivity contribution in [2.24, 2.45) is 0 Å². The summed E-state index contributed by atoms with van der Waals surface area (Å²) in [6.07, 6.45) is 1.46. The maximum Gasteiger partial charge on any atom is 0.125 e. The van der Waals surface area contributed by atoms with Crippen LogP contribution in [0.15, 0.2) is 18.2 Å². The van der Waals surface area contributed by atoms with Crippen molar-refractivity contribution < 1.29 is 13.9 Å². The van der Waals surface area contributed by atoms with Gasteiger partial charge in [-0.1, -0.05) is 0 Å². The first-order valence-corrected chi connectivity index (χ1v) is 7.54. The third-order valence-corrected chi connectivity index (χ3v) is 4.24. The van der Waals surface area contributed by atoms with Crippen molar-refractivity contribution >= 4 is 22.6 Å². The molecule has 1 aliphatic heterocycles. The van der Waals surface area contributed by atoms with E-state index in [-0.39, 0.29) is 11.4 Å². The second-order valence-corrected chi connectivity index (χ2v) is 5.75. The van der Waals surface area contributed by atoms with Crippen LogP contribution in [0.25, 0.3) is 11.0 Å². The molecule has 0 bridgehead atoms. The molecule has 114 valence electrons. The Bertz CT molecular complexity index is 638. The number of hydrogen-bond donors (Lipinski definition) is 0. The van der Waals surface area contributed by atoms with Crippen LogP contribution < -0.4 is 0 Å². The fraction of sp³-hybridized carbons (Fsp3) is 0.533. The minimum Gasteiger partial charge on any atom is -0.378 e. The molecule has 0 radical (unpaired) electrons. The summed E-state index contributed by atoms with van der Waals surface area (Å²) in [5.41, 5.74) is 1.18. The fourth-order valence-corrected chi connectivity index (χ4v) is 2.99. The highest BCUT2D eigenvalue weighted by Gasteiger charge is 2.36. The Hall–Kier alpha value is -1.17. The zero-order valence-electron chi connectivity index (χ0n) is 11.9.